The maximum absolute atomic E-state index is 13.0. The second-order valence-corrected chi connectivity index (χ2v) is 3.96. The summed E-state index contributed by atoms with van der Waals surface area (Å²) in [6.45, 7) is 0. The Morgan fingerprint density at radius 2 is 2.53 bits per heavy atom. The molecule has 2 rings (SSSR count). The fourth-order valence-electron chi connectivity index (χ4n) is 1.19. The molecule has 1 aromatic heterocycles. The Morgan fingerprint density at radius 3 is 3.13 bits per heavy atom. The third kappa shape index (κ3) is 1.96. The number of anilines is 1. The molecule has 0 spiro atoms. The van der Waals surface area contributed by atoms with Crippen molar-refractivity contribution in [3.63, 3.8) is 0 Å². The van der Waals surface area contributed by atoms with Crippen LogP contribution >= 0.6 is 11.8 Å². The highest BCUT2D eigenvalue weighted by Gasteiger charge is 2.26. The monoisotopic (exact) mass is 233 g/mol. The van der Waals surface area contributed by atoms with E-state index in [1.165, 1.54) is 0 Å². The molecule has 3 N–H and O–H groups in total. The Kier molecular flexibility index (Phi) is 2.63. The molecule has 8 heteroatoms. The van der Waals surface area contributed by atoms with Crippen molar-refractivity contribution in [2.24, 2.45) is 0 Å². The van der Waals surface area contributed by atoms with Crippen LogP contribution < -0.4 is 11.4 Å². The zero-order valence-corrected chi connectivity index (χ0v) is 8.28. The lowest BCUT2D eigenvalue weighted by Crippen LogP contribution is -2.29. The largest absolute Gasteiger partial charge is 0.381 e. The zero-order chi connectivity index (χ0) is 11.0. The molecule has 15 heavy (non-hydrogen) atoms. The zero-order valence-electron chi connectivity index (χ0n) is 7.46. The van der Waals surface area contributed by atoms with Crippen LogP contribution in [0.15, 0.2) is 11.0 Å². The second-order valence-electron chi connectivity index (χ2n) is 2.90. The van der Waals surface area contributed by atoms with Gasteiger partial charge in [-0.15, -0.1) is 0 Å². The van der Waals surface area contributed by atoms with E-state index in [2.05, 4.69) is 4.98 Å². The molecule has 6 nitrogen and oxygen atoms in total. The molecule has 1 aromatic rings. The van der Waals surface area contributed by atoms with Crippen molar-refractivity contribution >= 4 is 17.6 Å². The van der Waals surface area contributed by atoms with E-state index in [0.29, 0.717) is 5.75 Å². The molecule has 0 bridgehead atoms. The smallest absolute Gasteiger partial charge is 0.351 e. The standard InChI is InChI=1S/C7H8FN3O3S/c8-3-1-11(6(12)10-5(3)9)4-2-15-7(13)14-4/h1,4,7,13H,2H2,(H2,9,10,12). The quantitative estimate of drug-likeness (QED) is 0.679. The predicted molar refractivity (Wildman–Crippen MR) is 51.5 cm³/mol. The summed E-state index contributed by atoms with van der Waals surface area (Å²) in [5.74, 6) is -0.876. The van der Waals surface area contributed by atoms with E-state index in [9.17, 15) is 9.18 Å². The van der Waals surface area contributed by atoms with Gasteiger partial charge < -0.3 is 15.6 Å². The van der Waals surface area contributed by atoms with Crippen molar-refractivity contribution in [3.05, 3.63) is 22.5 Å². The van der Waals surface area contributed by atoms with E-state index in [1.807, 2.05) is 0 Å². The lowest BCUT2D eigenvalue weighted by atomic mass is 10.5. The van der Waals surface area contributed by atoms with Crippen LogP contribution in [0, 0.1) is 5.82 Å². The Morgan fingerprint density at radius 1 is 1.80 bits per heavy atom. The number of thioether (sulfide) groups is 1. The van der Waals surface area contributed by atoms with E-state index >= 15 is 0 Å². The van der Waals surface area contributed by atoms with Crippen LogP contribution in [0.3, 0.4) is 0 Å². The first kappa shape index (κ1) is 10.4. The predicted octanol–water partition coefficient (Wildman–Crippen LogP) is -0.498. The van der Waals surface area contributed by atoms with Gasteiger partial charge in [0.2, 0.25) is 5.62 Å². The van der Waals surface area contributed by atoms with Gasteiger partial charge in [-0.1, -0.05) is 11.8 Å². The maximum Gasteiger partial charge on any atom is 0.351 e. The van der Waals surface area contributed by atoms with Gasteiger partial charge in [0.25, 0.3) is 0 Å². The molecular formula is C7H8FN3O3S. The topological polar surface area (TPSA) is 90.4 Å². The Labute approximate surface area is 87.9 Å². The van der Waals surface area contributed by atoms with Crippen LogP contribution in [0.5, 0.6) is 0 Å². The number of nitrogens with two attached hydrogens (primary N) is 1. The summed E-state index contributed by atoms with van der Waals surface area (Å²) in [4.78, 5) is 14.6. The number of rotatable bonds is 1. The van der Waals surface area contributed by atoms with Gasteiger partial charge in [0, 0.05) is 5.75 Å². The van der Waals surface area contributed by atoms with Gasteiger partial charge in [0.15, 0.2) is 17.9 Å². The molecule has 2 atom stereocenters. The summed E-state index contributed by atoms with van der Waals surface area (Å²) < 4.78 is 19.0. The van der Waals surface area contributed by atoms with E-state index < -0.39 is 29.2 Å². The fraction of sp³-hybridized carbons (Fsp3) is 0.429. The summed E-state index contributed by atoms with van der Waals surface area (Å²) in [5.41, 5.74) is 3.42. The van der Waals surface area contributed by atoms with Gasteiger partial charge in [0.1, 0.15) is 0 Å². The summed E-state index contributed by atoms with van der Waals surface area (Å²) in [7, 11) is 0. The van der Waals surface area contributed by atoms with Crippen molar-refractivity contribution in [3.8, 4) is 0 Å². The van der Waals surface area contributed by atoms with E-state index in [-0.39, 0.29) is 0 Å². The summed E-state index contributed by atoms with van der Waals surface area (Å²) >= 11 is 1.11. The van der Waals surface area contributed by atoms with E-state index in [0.717, 1.165) is 22.5 Å². The van der Waals surface area contributed by atoms with Crippen molar-refractivity contribution in [1.82, 2.24) is 9.55 Å². The average Bonchev–Trinajstić information content (AvgIpc) is 2.58. The SMILES string of the molecule is Nc1nc(=O)n(C2CSC(O)O2)cc1F. The van der Waals surface area contributed by atoms with Gasteiger partial charge in [-0.25, -0.2) is 9.18 Å². The third-order valence-electron chi connectivity index (χ3n) is 1.90. The van der Waals surface area contributed by atoms with Crippen LogP contribution in [0.2, 0.25) is 0 Å². The first-order chi connectivity index (χ1) is 7.08. The number of aliphatic hydroxyl groups is 1. The highest BCUT2D eigenvalue weighted by Crippen LogP contribution is 2.29. The minimum atomic E-state index is -0.998. The van der Waals surface area contributed by atoms with Crippen LogP contribution in [0.25, 0.3) is 0 Å². The molecule has 0 aromatic carbocycles. The highest BCUT2D eigenvalue weighted by atomic mass is 32.2. The molecule has 1 fully saturated rings. The number of aromatic nitrogens is 2. The number of hydrogen-bond acceptors (Lipinski definition) is 6. The minimum Gasteiger partial charge on any atom is -0.381 e. The average molecular weight is 233 g/mol. The van der Waals surface area contributed by atoms with E-state index in [1.54, 1.807) is 0 Å². The number of halogens is 1. The first-order valence-electron chi connectivity index (χ1n) is 4.07. The molecule has 1 aliphatic rings. The van der Waals surface area contributed by atoms with Gasteiger partial charge in [0.05, 0.1) is 6.20 Å². The highest BCUT2D eigenvalue weighted by molar-refractivity contribution is 7.99. The van der Waals surface area contributed by atoms with Crippen LogP contribution in [0.4, 0.5) is 10.2 Å². The third-order valence-corrected chi connectivity index (χ3v) is 2.77. The lowest BCUT2D eigenvalue weighted by molar-refractivity contribution is -0.0842. The molecule has 0 aliphatic carbocycles. The number of aliphatic hydroxyl groups excluding tert-OH is 1. The fourth-order valence-corrected chi connectivity index (χ4v) is 1.96. The number of nitrogens with zero attached hydrogens (tertiary/aromatic N) is 2. The molecule has 0 radical (unpaired) electrons. The summed E-state index contributed by atoms with van der Waals surface area (Å²) in [6, 6.07) is 0. The molecule has 1 saturated heterocycles. The van der Waals surface area contributed by atoms with Gasteiger partial charge in [-0.05, 0) is 0 Å². The van der Waals surface area contributed by atoms with Crippen LogP contribution in [-0.2, 0) is 4.74 Å². The number of ether oxygens (including phenoxy) is 1. The second kappa shape index (κ2) is 3.80. The van der Waals surface area contributed by atoms with Gasteiger partial charge in [-0.2, -0.15) is 4.98 Å². The van der Waals surface area contributed by atoms with Crippen molar-refractivity contribution in [2.75, 3.05) is 11.5 Å². The van der Waals surface area contributed by atoms with E-state index in [4.69, 9.17) is 15.6 Å². The summed E-state index contributed by atoms with van der Waals surface area (Å²) in [5, 5.41) is 9.06. The number of nitrogen functional groups attached to an aromatic ring is 1. The normalized spacial score (nSPS) is 25.7. The van der Waals surface area contributed by atoms with Gasteiger partial charge in [-0.3, -0.25) is 4.57 Å². The van der Waals surface area contributed by atoms with Crippen molar-refractivity contribution in [2.45, 2.75) is 11.8 Å². The number of hydrogen-bond donors (Lipinski definition) is 2. The molecular weight excluding hydrogens is 225 g/mol. The maximum atomic E-state index is 13.0. The molecule has 82 valence electrons. The van der Waals surface area contributed by atoms with Gasteiger partial charge >= 0.3 is 5.69 Å². The first-order valence-corrected chi connectivity index (χ1v) is 5.12. The van der Waals surface area contributed by atoms with Crippen LogP contribution in [0.1, 0.15) is 6.23 Å². The minimum absolute atomic E-state index is 0.353. The van der Waals surface area contributed by atoms with Crippen molar-refractivity contribution in [1.29, 1.82) is 0 Å². The Bertz CT molecular complexity index is 438. The molecule has 2 unspecified atom stereocenters. The molecule has 1 aliphatic heterocycles. The summed E-state index contributed by atoms with van der Waals surface area (Å²) in [6.07, 6.45) is 0.216. The lowest BCUT2D eigenvalue weighted by Gasteiger charge is -2.12. The Balaban J connectivity index is 2.36. The van der Waals surface area contributed by atoms with Crippen molar-refractivity contribution < 1.29 is 14.2 Å². The Hall–Kier alpha value is -1.12. The van der Waals surface area contributed by atoms with Crippen LogP contribution in [-0.4, -0.2) is 26.0 Å². The molecule has 2 heterocycles. The molecule has 0 amide bonds. The molecule has 0 saturated carbocycles.